The molecular formula is C28H38N2O. The Labute approximate surface area is 188 Å². The Kier molecular flexibility index (Phi) is 7.80. The van der Waals surface area contributed by atoms with Crippen LogP contribution in [-0.4, -0.2) is 36.9 Å². The van der Waals surface area contributed by atoms with Gasteiger partial charge in [0.15, 0.2) is 5.78 Å². The molecule has 4 rings (SSSR count). The molecule has 31 heavy (non-hydrogen) atoms. The first-order chi connectivity index (χ1) is 15.2. The van der Waals surface area contributed by atoms with Crippen molar-refractivity contribution < 1.29 is 4.79 Å². The van der Waals surface area contributed by atoms with Crippen LogP contribution in [0.4, 0.5) is 5.69 Å². The van der Waals surface area contributed by atoms with E-state index in [1.807, 2.05) is 0 Å². The van der Waals surface area contributed by atoms with E-state index in [1.165, 1.54) is 42.5 Å². The third-order valence-corrected chi connectivity index (χ3v) is 7.10. The van der Waals surface area contributed by atoms with E-state index in [9.17, 15) is 4.79 Å². The average Bonchev–Trinajstić information content (AvgIpc) is 3.01. The molecule has 0 unspecified atom stereocenters. The average molecular weight is 419 g/mol. The molecule has 0 N–H and O–H groups in total. The van der Waals surface area contributed by atoms with Gasteiger partial charge in [0.1, 0.15) is 0 Å². The zero-order valence-electron chi connectivity index (χ0n) is 19.2. The number of Topliss-reactive ketones (excluding diaryl/α,β-unsaturated/α-hetero) is 1. The van der Waals surface area contributed by atoms with Crippen LogP contribution in [0.25, 0.3) is 0 Å². The summed E-state index contributed by atoms with van der Waals surface area (Å²) in [5, 5.41) is 0. The lowest BCUT2D eigenvalue weighted by molar-refractivity contribution is 0.0961. The first-order valence-corrected chi connectivity index (χ1v) is 12.4. The number of fused-ring (bicyclic) bond motifs is 1. The normalized spacial score (nSPS) is 17.9. The molecule has 0 spiro atoms. The molecule has 0 saturated carbocycles. The second-order valence-corrected chi connectivity index (χ2v) is 9.45. The predicted octanol–water partition coefficient (Wildman–Crippen LogP) is 6.11. The summed E-state index contributed by atoms with van der Waals surface area (Å²) in [7, 11) is 0. The number of hydrogen-bond donors (Lipinski definition) is 0. The minimum Gasteiger partial charge on any atom is -0.371 e. The maximum atomic E-state index is 13.0. The van der Waals surface area contributed by atoms with Gasteiger partial charge >= 0.3 is 0 Å². The van der Waals surface area contributed by atoms with E-state index < -0.39 is 0 Å². The summed E-state index contributed by atoms with van der Waals surface area (Å²) in [4.78, 5) is 18.1. The maximum Gasteiger partial charge on any atom is 0.162 e. The number of hydrogen-bond acceptors (Lipinski definition) is 3. The smallest absolute Gasteiger partial charge is 0.162 e. The molecule has 0 aromatic heterocycles. The fourth-order valence-electron chi connectivity index (χ4n) is 5.24. The highest BCUT2D eigenvalue weighted by molar-refractivity contribution is 5.97. The Balaban J connectivity index is 1.28. The highest BCUT2D eigenvalue weighted by Crippen LogP contribution is 2.29. The zero-order chi connectivity index (χ0) is 21.5. The Morgan fingerprint density at radius 3 is 2.58 bits per heavy atom. The van der Waals surface area contributed by atoms with Crippen molar-refractivity contribution in [2.24, 2.45) is 5.92 Å². The zero-order valence-corrected chi connectivity index (χ0v) is 19.2. The Morgan fingerprint density at radius 2 is 1.81 bits per heavy atom. The molecule has 0 amide bonds. The monoisotopic (exact) mass is 418 g/mol. The lowest BCUT2D eigenvalue weighted by Crippen LogP contribution is -2.33. The number of ketones is 1. The van der Waals surface area contributed by atoms with Gasteiger partial charge in [-0.25, -0.2) is 0 Å². The van der Waals surface area contributed by atoms with Crippen molar-refractivity contribution in [2.75, 3.05) is 31.1 Å². The molecule has 2 aliphatic heterocycles. The van der Waals surface area contributed by atoms with Gasteiger partial charge in [-0.3, -0.25) is 9.69 Å². The van der Waals surface area contributed by atoms with Gasteiger partial charge in [0, 0.05) is 37.3 Å². The van der Waals surface area contributed by atoms with Gasteiger partial charge in [0.05, 0.1) is 0 Å². The van der Waals surface area contributed by atoms with Crippen LogP contribution in [0, 0.1) is 5.92 Å². The van der Waals surface area contributed by atoms with Crippen molar-refractivity contribution in [1.29, 1.82) is 0 Å². The summed E-state index contributed by atoms with van der Waals surface area (Å²) >= 11 is 0. The second kappa shape index (κ2) is 10.9. The van der Waals surface area contributed by atoms with Crippen LogP contribution in [0.5, 0.6) is 0 Å². The molecule has 0 atom stereocenters. The van der Waals surface area contributed by atoms with Crippen molar-refractivity contribution in [3.8, 4) is 0 Å². The SMILES string of the molecule is CCCN1CCCCc2ccc(C(=O)CCC3CCN(Cc4ccccc4)CC3)cc21. The molecule has 3 heteroatoms. The Hall–Kier alpha value is -2.13. The van der Waals surface area contributed by atoms with Crippen LogP contribution in [0.1, 0.15) is 73.4 Å². The van der Waals surface area contributed by atoms with E-state index in [-0.39, 0.29) is 0 Å². The summed E-state index contributed by atoms with van der Waals surface area (Å²) in [5.74, 6) is 1.02. The molecule has 166 valence electrons. The maximum absolute atomic E-state index is 13.0. The highest BCUT2D eigenvalue weighted by Gasteiger charge is 2.21. The fourth-order valence-corrected chi connectivity index (χ4v) is 5.24. The molecular weight excluding hydrogens is 380 g/mol. The van der Waals surface area contributed by atoms with Gasteiger partial charge in [-0.2, -0.15) is 0 Å². The molecule has 0 radical (unpaired) electrons. The van der Waals surface area contributed by atoms with Crippen molar-refractivity contribution >= 4 is 11.5 Å². The number of benzene rings is 2. The molecule has 3 nitrogen and oxygen atoms in total. The third-order valence-electron chi connectivity index (χ3n) is 7.10. The van der Waals surface area contributed by atoms with E-state index in [0.29, 0.717) is 18.1 Å². The van der Waals surface area contributed by atoms with E-state index >= 15 is 0 Å². The molecule has 1 saturated heterocycles. The summed E-state index contributed by atoms with van der Waals surface area (Å²) in [5.41, 5.74) is 5.06. The number of nitrogens with zero attached hydrogens (tertiary/aromatic N) is 2. The topological polar surface area (TPSA) is 23.6 Å². The number of carbonyl (C=O) groups excluding carboxylic acids is 1. The van der Waals surface area contributed by atoms with Crippen LogP contribution in [0.3, 0.4) is 0 Å². The highest BCUT2D eigenvalue weighted by atomic mass is 16.1. The summed E-state index contributed by atoms with van der Waals surface area (Å²) in [6.45, 7) is 7.81. The van der Waals surface area contributed by atoms with Gasteiger partial charge in [0.2, 0.25) is 0 Å². The second-order valence-electron chi connectivity index (χ2n) is 9.45. The minimum absolute atomic E-state index is 0.329. The fraction of sp³-hybridized carbons (Fsp3) is 0.536. The van der Waals surface area contributed by atoms with Gasteiger partial charge in [-0.1, -0.05) is 49.4 Å². The molecule has 0 aliphatic carbocycles. The van der Waals surface area contributed by atoms with Gasteiger partial charge in [-0.05, 0) is 81.1 Å². The predicted molar refractivity (Wildman–Crippen MR) is 130 cm³/mol. The number of anilines is 1. The quantitative estimate of drug-likeness (QED) is 0.483. The third kappa shape index (κ3) is 5.98. The minimum atomic E-state index is 0.329. The van der Waals surface area contributed by atoms with Crippen molar-refractivity contribution in [2.45, 2.75) is 64.8 Å². The lowest BCUT2D eigenvalue weighted by atomic mass is 9.90. The van der Waals surface area contributed by atoms with Crippen LogP contribution in [0.15, 0.2) is 48.5 Å². The molecule has 2 heterocycles. The Morgan fingerprint density at radius 1 is 1.00 bits per heavy atom. The summed E-state index contributed by atoms with van der Waals surface area (Å²) in [6.07, 6.45) is 8.96. The molecule has 2 aromatic rings. The summed E-state index contributed by atoms with van der Waals surface area (Å²) < 4.78 is 0. The molecule has 0 bridgehead atoms. The van der Waals surface area contributed by atoms with E-state index in [0.717, 1.165) is 57.5 Å². The van der Waals surface area contributed by atoms with Crippen molar-refractivity contribution in [3.63, 3.8) is 0 Å². The van der Waals surface area contributed by atoms with Gasteiger partial charge in [0.25, 0.3) is 0 Å². The lowest BCUT2D eigenvalue weighted by Gasteiger charge is -2.32. The number of likely N-dealkylation sites (tertiary alicyclic amines) is 1. The van der Waals surface area contributed by atoms with Crippen LogP contribution in [-0.2, 0) is 13.0 Å². The molecule has 2 aromatic carbocycles. The van der Waals surface area contributed by atoms with Gasteiger partial charge in [-0.15, -0.1) is 0 Å². The number of piperidine rings is 1. The van der Waals surface area contributed by atoms with E-state index in [4.69, 9.17) is 0 Å². The van der Waals surface area contributed by atoms with Crippen molar-refractivity contribution in [3.05, 3.63) is 65.2 Å². The largest absolute Gasteiger partial charge is 0.371 e. The van der Waals surface area contributed by atoms with Crippen LogP contribution in [0.2, 0.25) is 0 Å². The Bertz CT molecular complexity index is 839. The molecule has 2 aliphatic rings. The number of aryl methyl sites for hydroxylation is 1. The molecule has 1 fully saturated rings. The van der Waals surface area contributed by atoms with E-state index in [2.05, 4.69) is 65.3 Å². The standard InChI is InChI=1S/C28H38N2O/c1-2-17-30-18-7-6-10-25-12-13-26(21-27(25)30)28(31)14-11-23-15-19-29(20-16-23)22-24-8-4-3-5-9-24/h3-5,8-9,12-13,21,23H,2,6-7,10-11,14-20,22H2,1H3. The van der Waals surface area contributed by atoms with Gasteiger partial charge < -0.3 is 4.90 Å². The number of rotatable bonds is 8. The van der Waals surface area contributed by atoms with E-state index in [1.54, 1.807) is 0 Å². The first-order valence-electron chi connectivity index (χ1n) is 12.4. The first kappa shape index (κ1) is 22.1. The van der Waals surface area contributed by atoms with Crippen LogP contribution < -0.4 is 4.90 Å². The number of carbonyl (C=O) groups is 1. The van der Waals surface area contributed by atoms with Crippen LogP contribution >= 0.6 is 0 Å². The van der Waals surface area contributed by atoms with Crippen molar-refractivity contribution in [1.82, 2.24) is 4.90 Å². The summed E-state index contributed by atoms with van der Waals surface area (Å²) in [6, 6.07) is 17.3.